The van der Waals surface area contributed by atoms with Gasteiger partial charge in [-0.3, -0.25) is 24.2 Å². The van der Waals surface area contributed by atoms with Crippen LogP contribution in [0.25, 0.3) is 11.3 Å². The highest BCUT2D eigenvalue weighted by Crippen LogP contribution is 2.37. The molecule has 6 aromatic rings. The monoisotopic (exact) mass is 899 g/mol. The molecule has 3 aliphatic rings. The zero-order chi connectivity index (χ0) is 46.1. The summed E-state index contributed by atoms with van der Waals surface area (Å²) in [6.07, 6.45) is 3.41. The quantitative estimate of drug-likeness (QED) is 0.122. The number of aromatic nitrogens is 3. The summed E-state index contributed by atoms with van der Waals surface area (Å²) in [5.41, 5.74) is 7.51. The molecule has 9 rings (SSSR count). The number of amides is 3. The first-order valence-electron chi connectivity index (χ1n) is 22.3. The van der Waals surface area contributed by atoms with E-state index >= 15 is 9.18 Å². The second-order valence-electron chi connectivity index (χ2n) is 17.2. The van der Waals surface area contributed by atoms with Crippen LogP contribution < -0.4 is 9.64 Å². The maximum absolute atomic E-state index is 15.4. The Morgan fingerprint density at radius 3 is 2.36 bits per heavy atom. The van der Waals surface area contributed by atoms with Gasteiger partial charge in [-0.25, -0.2) is 9.07 Å². The second kappa shape index (κ2) is 19.0. The number of morpholine rings is 1. The Labute approximate surface area is 381 Å². The van der Waals surface area contributed by atoms with Crippen LogP contribution in [0.2, 0.25) is 0 Å². The standard InChI is InChI=1S/C51H52F3N7O5/c1-33-23-35-9-7-8-10-38(35)31-59(33)49(63)45-25-39-30-58(48(62)26-37-13-14-42(27-46(37)52)66-22-19-57-17-20-65-21-18-57)16-15-36(39)24-44(45)47-28-43(34(2)56(47)3)50(64)61(40-11-5-4-6-12-40)41-29-55-60(32-41)51(53)54/h4-14,24-25,27-29,32-33,51H,15-23,26,30-31H2,1-3H3/t33-/m1/s1. The van der Waals surface area contributed by atoms with Gasteiger partial charge in [0.15, 0.2) is 0 Å². The third-order valence-corrected chi connectivity index (χ3v) is 13.2. The van der Waals surface area contributed by atoms with Gasteiger partial charge in [-0.1, -0.05) is 48.5 Å². The van der Waals surface area contributed by atoms with Crippen molar-refractivity contribution in [1.82, 2.24) is 29.0 Å². The van der Waals surface area contributed by atoms with Crippen LogP contribution in [0.5, 0.6) is 5.75 Å². The lowest BCUT2D eigenvalue weighted by Crippen LogP contribution is -2.43. The van der Waals surface area contributed by atoms with E-state index in [1.165, 1.54) is 22.7 Å². The van der Waals surface area contributed by atoms with Crippen LogP contribution in [0.4, 0.5) is 24.5 Å². The Morgan fingerprint density at radius 2 is 1.62 bits per heavy atom. The second-order valence-corrected chi connectivity index (χ2v) is 17.2. The van der Waals surface area contributed by atoms with Crippen LogP contribution in [0.15, 0.2) is 103 Å². The molecule has 1 atom stereocenters. The van der Waals surface area contributed by atoms with E-state index in [-0.39, 0.29) is 42.1 Å². The van der Waals surface area contributed by atoms with Crippen LogP contribution in [-0.2, 0) is 48.9 Å². The number of fused-ring (bicyclic) bond motifs is 2. The fraction of sp³-hybridized carbons (Fsp3) is 0.333. The molecule has 3 amide bonds. The lowest BCUT2D eigenvalue weighted by Gasteiger charge is -2.36. The highest BCUT2D eigenvalue weighted by atomic mass is 19.3. The number of hydrogen-bond acceptors (Lipinski definition) is 7. The summed E-state index contributed by atoms with van der Waals surface area (Å²) in [5, 5.41) is 3.81. The SMILES string of the molecule is Cc1c(C(=O)N(c2ccccc2)c2cnn(C(F)F)c2)cc(-c2cc3c(cc2C(=O)N2Cc4ccccc4C[C@H]2C)CN(C(=O)Cc2ccc(OCCN4CCOCC4)cc2F)CC3)n1C. The van der Waals surface area contributed by atoms with Crippen molar-refractivity contribution in [3.8, 4) is 17.0 Å². The predicted molar refractivity (Wildman–Crippen MR) is 243 cm³/mol. The third-order valence-electron chi connectivity index (χ3n) is 13.2. The number of anilines is 2. The van der Waals surface area contributed by atoms with Gasteiger partial charge in [-0.05, 0) is 90.9 Å². The van der Waals surface area contributed by atoms with E-state index in [1.54, 1.807) is 53.4 Å². The minimum Gasteiger partial charge on any atom is -0.492 e. The van der Waals surface area contributed by atoms with Gasteiger partial charge in [-0.2, -0.15) is 13.9 Å². The molecule has 1 fully saturated rings. The number of ether oxygens (including phenoxy) is 2. The van der Waals surface area contributed by atoms with Gasteiger partial charge in [0, 0.05) is 86.6 Å². The molecule has 4 aromatic carbocycles. The van der Waals surface area contributed by atoms with Gasteiger partial charge in [0.2, 0.25) is 5.91 Å². The van der Waals surface area contributed by atoms with Crippen LogP contribution in [0, 0.1) is 12.7 Å². The molecule has 0 saturated carbocycles. The summed E-state index contributed by atoms with van der Waals surface area (Å²) in [4.78, 5) is 50.8. The molecule has 3 aliphatic heterocycles. The minimum absolute atomic E-state index is 0.119. The van der Waals surface area contributed by atoms with E-state index in [0.29, 0.717) is 96.5 Å². The first-order valence-corrected chi connectivity index (χ1v) is 22.3. The van der Waals surface area contributed by atoms with Crippen molar-refractivity contribution in [2.75, 3.05) is 50.9 Å². The Hall–Kier alpha value is -6.71. The van der Waals surface area contributed by atoms with Crippen molar-refractivity contribution < 1.29 is 37.0 Å². The summed E-state index contributed by atoms with van der Waals surface area (Å²) in [7, 11) is 1.83. The number of hydrogen-bond donors (Lipinski definition) is 0. The van der Waals surface area contributed by atoms with Crippen LogP contribution >= 0.6 is 0 Å². The average molecular weight is 900 g/mol. The number of carbonyl (C=O) groups excluding carboxylic acids is 3. The minimum atomic E-state index is -2.89. The average Bonchev–Trinajstić information content (AvgIpc) is 3.93. The van der Waals surface area contributed by atoms with E-state index in [9.17, 15) is 18.4 Å². The van der Waals surface area contributed by atoms with Crippen molar-refractivity contribution in [1.29, 1.82) is 0 Å². The van der Waals surface area contributed by atoms with E-state index in [4.69, 9.17) is 9.47 Å². The molecule has 5 heterocycles. The Kier molecular flexibility index (Phi) is 12.8. The van der Waals surface area contributed by atoms with Crippen LogP contribution in [0.1, 0.15) is 67.7 Å². The maximum atomic E-state index is 15.4. The molecule has 0 unspecified atom stereocenters. The fourth-order valence-corrected chi connectivity index (χ4v) is 9.28. The number of rotatable bonds is 12. The van der Waals surface area contributed by atoms with E-state index < -0.39 is 18.3 Å². The molecular weight excluding hydrogens is 848 g/mol. The maximum Gasteiger partial charge on any atom is 0.333 e. The number of halogens is 3. The normalized spacial score (nSPS) is 16.3. The molecule has 1 saturated heterocycles. The zero-order valence-electron chi connectivity index (χ0n) is 37.3. The lowest BCUT2D eigenvalue weighted by atomic mass is 9.89. The molecule has 0 spiro atoms. The molecule has 66 heavy (non-hydrogen) atoms. The molecule has 0 radical (unpaired) electrons. The Morgan fingerprint density at radius 1 is 0.864 bits per heavy atom. The van der Waals surface area contributed by atoms with Crippen molar-refractivity contribution in [2.24, 2.45) is 7.05 Å². The van der Waals surface area contributed by atoms with Gasteiger partial charge in [0.05, 0.1) is 43.3 Å². The van der Waals surface area contributed by atoms with Gasteiger partial charge < -0.3 is 23.8 Å². The summed E-state index contributed by atoms with van der Waals surface area (Å²) in [6.45, 7) is 6.14. The number of alkyl halides is 2. The smallest absolute Gasteiger partial charge is 0.333 e. The third kappa shape index (κ3) is 9.09. The van der Waals surface area contributed by atoms with Crippen molar-refractivity contribution in [3.63, 3.8) is 0 Å². The van der Waals surface area contributed by atoms with Crippen molar-refractivity contribution in [2.45, 2.75) is 58.8 Å². The lowest BCUT2D eigenvalue weighted by molar-refractivity contribution is -0.131. The van der Waals surface area contributed by atoms with E-state index in [0.717, 1.165) is 36.0 Å². The fourth-order valence-electron chi connectivity index (χ4n) is 9.28. The molecule has 342 valence electrons. The Balaban J connectivity index is 1.02. The van der Waals surface area contributed by atoms with E-state index in [2.05, 4.69) is 16.1 Å². The van der Waals surface area contributed by atoms with Gasteiger partial charge >= 0.3 is 6.55 Å². The van der Waals surface area contributed by atoms with Crippen molar-refractivity contribution in [3.05, 3.63) is 154 Å². The molecule has 12 nitrogen and oxygen atoms in total. The molecule has 0 aliphatic carbocycles. The number of nitrogens with zero attached hydrogens (tertiary/aromatic N) is 7. The largest absolute Gasteiger partial charge is 0.492 e. The molecular formula is C51H52F3N7O5. The number of para-hydroxylation sites is 1. The molecule has 2 aromatic heterocycles. The molecule has 0 bridgehead atoms. The first-order chi connectivity index (χ1) is 31.9. The molecule has 15 heteroatoms. The summed E-state index contributed by atoms with van der Waals surface area (Å²) in [5.74, 6) is -0.987. The molecule has 0 N–H and O–H groups in total. The van der Waals surface area contributed by atoms with Crippen LogP contribution in [0.3, 0.4) is 0 Å². The number of carbonyl (C=O) groups is 3. The van der Waals surface area contributed by atoms with Crippen molar-refractivity contribution >= 4 is 29.1 Å². The Bertz CT molecular complexity index is 2770. The summed E-state index contributed by atoms with van der Waals surface area (Å²) >= 11 is 0. The predicted octanol–water partition coefficient (Wildman–Crippen LogP) is 8.14. The first kappa shape index (κ1) is 44.5. The van der Waals surface area contributed by atoms with E-state index in [1.807, 2.05) is 60.7 Å². The van der Waals surface area contributed by atoms with Crippen LogP contribution in [-0.4, -0.2) is 98.8 Å². The number of benzene rings is 4. The summed E-state index contributed by atoms with van der Waals surface area (Å²) in [6, 6.07) is 27.0. The van der Waals surface area contributed by atoms with Gasteiger partial charge in [0.1, 0.15) is 18.2 Å². The highest BCUT2D eigenvalue weighted by molar-refractivity contribution is 6.12. The zero-order valence-corrected chi connectivity index (χ0v) is 37.3. The van der Waals surface area contributed by atoms with Gasteiger partial charge in [-0.15, -0.1) is 0 Å². The highest BCUT2D eigenvalue weighted by Gasteiger charge is 2.33. The summed E-state index contributed by atoms with van der Waals surface area (Å²) < 4.78 is 56.5. The van der Waals surface area contributed by atoms with Gasteiger partial charge in [0.25, 0.3) is 11.8 Å². The topological polar surface area (TPSA) is 105 Å².